The second kappa shape index (κ2) is 4.94. The summed E-state index contributed by atoms with van der Waals surface area (Å²) in [6, 6.07) is 11.8. The van der Waals surface area contributed by atoms with Crippen molar-refractivity contribution in [2.45, 2.75) is 38.4 Å². The van der Waals surface area contributed by atoms with Crippen LogP contribution in [0.1, 0.15) is 18.1 Å². The van der Waals surface area contributed by atoms with Crippen LogP contribution in [0.5, 0.6) is 0 Å². The molecule has 3 rings (SSSR count). The zero-order chi connectivity index (χ0) is 12.4. The van der Waals surface area contributed by atoms with Crippen LogP contribution in [0.4, 0.5) is 0 Å². The van der Waals surface area contributed by atoms with Crippen molar-refractivity contribution in [2.24, 2.45) is 0 Å². The quantitative estimate of drug-likeness (QED) is 0.887. The molecule has 0 aliphatic heterocycles. The summed E-state index contributed by atoms with van der Waals surface area (Å²) >= 11 is 0. The Morgan fingerprint density at radius 1 is 1.28 bits per heavy atom. The normalized spacial score (nSPS) is 16.7. The summed E-state index contributed by atoms with van der Waals surface area (Å²) in [5, 5.41) is 7.95. The third-order valence-electron chi connectivity index (χ3n) is 3.59. The van der Waals surface area contributed by atoms with Crippen molar-refractivity contribution in [3.8, 4) is 0 Å². The molecule has 3 nitrogen and oxygen atoms in total. The average Bonchev–Trinajstić information content (AvgIpc) is 2.96. The predicted molar refractivity (Wildman–Crippen MR) is 72.5 cm³/mol. The maximum Gasteiger partial charge on any atom is 0.0560 e. The monoisotopic (exact) mass is 241 g/mol. The van der Waals surface area contributed by atoms with E-state index >= 15 is 0 Å². The first-order chi connectivity index (χ1) is 8.81. The molecule has 0 fully saturated rings. The highest BCUT2D eigenvalue weighted by Gasteiger charge is 2.21. The summed E-state index contributed by atoms with van der Waals surface area (Å²) < 4.78 is 1.99. The molecule has 1 atom stereocenters. The van der Waals surface area contributed by atoms with Crippen molar-refractivity contribution in [3.63, 3.8) is 0 Å². The van der Waals surface area contributed by atoms with Gasteiger partial charge in [0.25, 0.3) is 0 Å². The minimum absolute atomic E-state index is 0.448. The first-order valence-corrected chi connectivity index (χ1v) is 6.61. The van der Waals surface area contributed by atoms with Gasteiger partial charge in [-0.15, -0.1) is 0 Å². The Morgan fingerprint density at radius 3 is 2.61 bits per heavy atom. The van der Waals surface area contributed by atoms with E-state index < -0.39 is 0 Å². The van der Waals surface area contributed by atoms with Crippen molar-refractivity contribution in [2.75, 3.05) is 0 Å². The Kier molecular flexibility index (Phi) is 3.15. The van der Waals surface area contributed by atoms with Gasteiger partial charge in [0.2, 0.25) is 0 Å². The van der Waals surface area contributed by atoms with E-state index in [2.05, 4.69) is 41.6 Å². The summed E-state index contributed by atoms with van der Waals surface area (Å²) in [6.07, 6.45) is 6.15. The third kappa shape index (κ3) is 2.46. The van der Waals surface area contributed by atoms with Crippen LogP contribution in [-0.4, -0.2) is 21.9 Å². The molecule has 1 aliphatic carbocycles. The molecule has 0 saturated carbocycles. The van der Waals surface area contributed by atoms with Crippen molar-refractivity contribution < 1.29 is 0 Å². The zero-order valence-electron chi connectivity index (χ0n) is 10.7. The Morgan fingerprint density at radius 2 is 2.00 bits per heavy atom. The van der Waals surface area contributed by atoms with Crippen LogP contribution in [0.3, 0.4) is 0 Å². The summed E-state index contributed by atoms with van der Waals surface area (Å²) in [5.41, 5.74) is 3.00. The number of hydrogen-bond donors (Lipinski definition) is 1. The lowest BCUT2D eigenvalue weighted by Crippen LogP contribution is -2.39. The Hall–Kier alpha value is -1.61. The molecule has 1 aliphatic rings. The molecule has 3 heteroatoms. The van der Waals surface area contributed by atoms with Gasteiger partial charge in [-0.25, -0.2) is 0 Å². The van der Waals surface area contributed by atoms with Gasteiger partial charge in [-0.2, -0.15) is 5.10 Å². The lowest BCUT2D eigenvalue weighted by molar-refractivity contribution is 0.400. The number of rotatable bonds is 4. The van der Waals surface area contributed by atoms with Crippen LogP contribution in [0, 0.1) is 0 Å². The van der Waals surface area contributed by atoms with E-state index in [1.54, 1.807) is 0 Å². The number of hydrogen-bond acceptors (Lipinski definition) is 2. The van der Waals surface area contributed by atoms with E-state index in [-0.39, 0.29) is 0 Å². The van der Waals surface area contributed by atoms with E-state index in [0.717, 1.165) is 19.4 Å². The topological polar surface area (TPSA) is 29.9 Å². The first kappa shape index (κ1) is 11.5. The fourth-order valence-corrected chi connectivity index (χ4v) is 2.82. The van der Waals surface area contributed by atoms with E-state index in [0.29, 0.717) is 12.1 Å². The summed E-state index contributed by atoms with van der Waals surface area (Å²) in [5.74, 6) is 0. The molecule has 0 spiro atoms. The van der Waals surface area contributed by atoms with Gasteiger partial charge in [0.05, 0.1) is 6.54 Å². The van der Waals surface area contributed by atoms with Gasteiger partial charge in [-0.05, 0) is 37.0 Å². The maximum atomic E-state index is 4.25. The molecule has 94 valence electrons. The van der Waals surface area contributed by atoms with E-state index in [4.69, 9.17) is 0 Å². The summed E-state index contributed by atoms with van der Waals surface area (Å²) in [7, 11) is 0. The zero-order valence-corrected chi connectivity index (χ0v) is 10.7. The van der Waals surface area contributed by atoms with Crippen LogP contribution in [-0.2, 0) is 19.4 Å². The molecule has 0 radical (unpaired) electrons. The van der Waals surface area contributed by atoms with E-state index in [1.807, 2.05) is 23.1 Å². The molecule has 1 N–H and O–H groups in total. The highest BCUT2D eigenvalue weighted by molar-refractivity contribution is 5.33. The second-order valence-electron chi connectivity index (χ2n) is 5.17. The molecule has 1 aromatic carbocycles. The molecular weight excluding hydrogens is 222 g/mol. The highest BCUT2D eigenvalue weighted by Crippen LogP contribution is 2.21. The molecule has 2 aromatic rings. The lowest BCUT2D eigenvalue weighted by atomic mass is 10.1. The molecule has 18 heavy (non-hydrogen) atoms. The number of nitrogens with one attached hydrogen (secondary N) is 1. The predicted octanol–water partition coefficient (Wildman–Crippen LogP) is 2.03. The lowest BCUT2D eigenvalue weighted by Gasteiger charge is -2.19. The Labute approximate surface area is 108 Å². The summed E-state index contributed by atoms with van der Waals surface area (Å²) in [4.78, 5) is 0. The van der Waals surface area contributed by atoms with Gasteiger partial charge in [0, 0.05) is 24.5 Å². The van der Waals surface area contributed by atoms with Crippen molar-refractivity contribution >= 4 is 0 Å². The van der Waals surface area contributed by atoms with Crippen LogP contribution >= 0.6 is 0 Å². The highest BCUT2D eigenvalue weighted by atomic mass is 15.3. The second-order valence-corrected chi connectivity index (χ2v) is 5.17. The van der Waals surface area contributed by atoms with Crippen molar-refractivity contribution in [1.82, 2.24) is 15.1 Å². The van der Waals surface area contributed by atoms with Gasteiger partial charge >= 0.3 is 0 Å². The fourth-order valence-electron chi connectivity index (χ4n) is 2.82. The van der Waals surface area contributed by atoms with Gasteiger partial charge in [0.15, 0.2) is 0 Å². The molecule has 1 heterocycles. The third-order valence-corrected chi connectivity index (χ3v) is 3.59. The van der Waals surface area contributed by atoms with Crippen LogP contribution in [0.15, 0.2) is 42.7 Å². The Balaban J connectivity index is 1.56. The molecule has 1 unspecified atom stereocenters. The fraction of sp³-hybridized carbons (Fsp3) is 0.400. The van der Waals surface area contributed by atoms with E-state index in [1.165, 1.54) is 11.1 Å². The molecule has 0 bridgehead atoms. The minimum Gasteiger partial charge on any atom is -0.309 e. The average molecular weight is 241 g/mol. The van der Waals surface area contributed by atoms with Gasteiger partial charge in [-0.3, -0.25) is 4.68 Å². The Bertz CT molecular complexity index is 479. The largest absolute Gasteiger partial charge is 0.309 e. The van der Waals surface area contributed by atoms with Crippen molar-refractivity contribution in [1.29, 1.82) is 0 Å². The maximum absolute atomic E-state index is 4.25. The minimum atomic E-state index is 0.448. The standard InChI is InChI=1S/C15H19N3/c1-12(11-18-8-4-7-16-18)17-15-9-13-5-2-3-6-14(13)10-15/h2-8,12,15,17H,9-11H2,1H3. The van der Waals surface area contributed by atoms with Crippen LogP contribution in [0.25, 0.3) is 0 Å². The van der Waals surface area contributed by atoms with E-state index in [9.17, 15) is 0 Å². The molecule has 1 aromatic heterocycles. The number of aromatic nitrogens is 2. The summed E-state index contributed by atoms with van der Waals surface area (Å²) in [6.45, 7) is 3.16. The number of nitrogens with zero attached hydrogens (tertiary/aromatic N) is 2. The van der Waals surface area contributed by atoms with Crippen molar-refractivity contribution in [3.05, 3.63) is 53.9 Å². The van der Waals surface area contributed by atoms with Gasteiger partial charge in [0.1, 0.15) is 0 Å². The molecule has 0 amide bonds. The molecular formula is C15H19N3. The van der Waals surface area contributed by atoms with Crippen LogP contribution < -0.4 is 5.32 Å². The van der Waals surface area contributed by atoms with Crippen LogP contribution in [0.2, 0.25) is 0 Å². The molecule has 0 saturated heterocycles. The SMILES string of the molecule is CC(Cn1cccn1)NC1Cc2ccccc2C1. The number of fused-ring (bicyclic) bond motifs is 1. The van der Waals surface area contributed by atoms with Gasteiger partial charge in [-0.1, -0.05) is 24.3 Å². The number of benzene rings is 1. The first-order valence-electron chi connectivity index (χ1n) is 6.61. The van der Waals surface area contributed by atoms with Gasteiger partial charge < -0.3 is 5.32 Å². The smallest absolute Gasteiger partial charge is 0.0560 e.